The van der Waals surface area contributed by atoms with Crippen molar-refractivity contribution in [1.29, 1.82) is 10.5 Å². The molecule has 30 nitrogen and oxygen atoms in total. The van der Waals surface area contributed by atoms with Crippen molar-refractivity contribution in [3.05, 3.63) is 160 Å². The zero-order valence-electron chi connectivity index (χ0n) is 62.7. The first-order chi connectivity index (χ1) is 52.3. The lowest BCUT2D eigenvalue weighted by Crippen LogP contribution is -2.45. The Hall–Kier alpha value is -7.95. The lowest BCUT2D eigenvalue weighted by molar-refractivity contribution is -0.124. The number of carbonyl (C=O) groups excluding carboxylic acids is 3. The van der Waals surface area contributed by atoms with E-state index >= 15 is 0 Å². The highest BCUT2D eigenvalue weighted by molar-refractivity contribution is 8.24. The van der Waals surface area contributed by atoms with E-state index in [1.54, 1.807) is 67.8 Å². The number of nitrogen functional groups attached to an aromatic ring is 1. The third kappa shape index (κ3) is 31.8. The third-order valence-corrected chi connectivity index (χ3v) is 16.5. The fourth-order valence-corrected chi connectivity index (χ4v) is 10.2. The van der Waals surface area contributed by atoms with Crippen molar-refractivity contribution in [1.82, 2.24) is 79.3 Å². The van der Waals surface area contributed by atoms with E-state index in [1.807, 2.05) is 80.1 Å². The van der Waals surface area contributed by atoms with E-state index in [-0.39, 0.29) is 49.3 Å². The number of benzene rings is 5. The molecule has 5 aromatic carbocycles. The van der Waals surface area contributed by atoms with E-state index in [2.05, 4.69) is 138 Å². The highest BCUT2D eigenvalue weighted by Crippen LogP contribution is 2.61. The second-order valence-electron chi connectivity index (χ2n) is 24.7. The average molecular weight is 1760 g/mol. The van der Waals surface area contributed by atoms with E-state index in [0.29, 0.717) is 75.5 Å². The summed E-state index contributed by atoms with van der Waals surface area (Å²) in [5, 5.41) is 46.3. The number of likely N-dealkylation sites (N-methyl/N-ethyl adjacent to an activating group) is 2. The molecule has 0 unspecified atom stereocenters. The summed E-state index contributed by atoms with van der Waals surface area (Å²) in [6, 6.07) is 29.7. The Morgan fingerprint density at radius 3 is 1.43 bits per heavy atom. The van der Waals surface area contributed by atoms with E-state index in [9.17, 15) is 23.7 Å². The number of amides is 2. The molecule has 2 aliphatic heterocycles. The lowest BCUT2D eigenvalue weighted by Gasteiger charge is -2.33. The molecule has 0 spiro atoms. The van der Waals surface area contributed by atoms with Crippen LogP contribution in [0.3, 0.4) is 0 Å². The first-order valence-electron chi connectivity index (χ1n) is 33.6. The van der Waals surface area contributed by atoms with Crippen molar-refractivity contribution in [3.8, 4) is 12.1 Å². The molecule has 2 amide bonds. The van der Waals surface area contributed by atoms with Crippen LogP contribution in [-0.4, -0.2) is 178 Å². The molecule has 112 heavy (non-hydrogen) atoms. The molecule has 41 heteroatoms. The van der Waals surface area contributed by atoms with E-state index in [0.717, 1.165) is 89.7 Å². The van der Waals surface area contributed by atoms with Crippen LogP contribution in [-0.2, 0) is 18.8 Å². The molecular weight excluding hydrogens is 1670 g/mol. The highest BCUT2D eigenvalue weighted by Gasteiger charge is 2.23. The third-order valence-electron chi connectivity index (χ3n) is 14.9. The molecule has 0 aliphatic carbocycles. The van der Waals surface area contributed by atoms with Gasteiger partial charge in [-0.2, -0.15) is 24.1 Å². The van der Waals surface area contributed by atoms with Gasteiger partial charge in [0.05, 0.1) is 47.6 Å². The Labute approximate surface area is 697 Å². The standard InChI is InChI=1S/C17H21ClN6.C12H10Cl2N4.C12H11ClN4O.C9H7ClN2O2.C7H5ClN2.C5H12N2.C4H10N2O.C2H3ClO2.C2H6O.CH4.Cl3OP/c1-11(2)15-20-16-13-10-12(18)4-5-14(13)19-17(24(16)21-15)23-8-6-22(3)7-9-23;1-6(2)10-16-11-8-5-7(13)3-4-9(8)15-12(14)18(11)17-10;1-6(2)10-15-11-8-5-7(13)3-4-9(8)14-12(18)17(11)16-10;1-14-9(13)12-8-3-2-7(10)4-6(8)5-11;8-6-1-2-7(10)5(3-6)4-9;1-7-4-2-6-3-5-7;1-3(2)4(7)6-5;1-5-2(3)4;1-2-3;;1-5(2,3)4/h4-5,10-11H,6-9H2,1-3H3;3-6H,1-2H3;3-6H,1-2H3,(H,14,18);2-4H,1H3,(H,12,13);1-3H,10H2;6H,2-5H2,1H3;3H,5H2,1-2H3,(H,6,7);1H3;3H,2H2,1H3;1H4;. The van der Waals surface area contributed by atoms with Gasteiger partial charge in [-0.1, -0.05) is 121 Å². The van der Waals surface area contributed by atoms with E-state index in [1.165, 1.54) is 50.0 Å². The van der Waals surface area contributed by atoms with Gasteiger partial charge < -0.3 is 45.3 Å². The van der Waals surface area contributed by atoms with Gasteiger partial charge in [0.2, 0.25) is 17.1 Å². The fraction of sp³-hybridized carbons (Fsp3) is 0.380. The number of nitrogens with zero attached hydrogens (tertiary/aromatic N) is 16. The molecule has 2 saturated heterocycles. The van der Waals surface area contributed by atoms with Gasteiger partial charge in [-0.3, -0.25) is 20.1 Å². The lowest BCUT2D eigenvalue weighted by atomic mass is 10.2. The molecule has 6 aromatic heterocycles. The van der Waals surface area contributed by atoms with Crippen LogP contribution in [0.5, 0.6) is 0 Å². The van der Waals surface area contributed by atoms with Crippen LogP contribution in [0.4, 0.5) is 26.9 Å². The minimum absolute atomic E-state index is 0. The number of nitriles is 2. The van der Waals surface area contributed by atoms with Crippen LogP contribution in [0.1, 0.15) is 116 Å². The summed E-state index contributed by atoms with van der Waals surface area (Å²) < 4.78 is 22.5. The number of methoxy groups -OCH3 is 2. The maximum atomic E-state index is 11.9. The van der Waals surface area contributed by atoms with Crippen LogP contribution in [0.15, 0.2) is 95.8 Å². The molecule has 0 radical (unpaired) electrons. The van der Waals surface area contributed by atoms with Gasteiger partial charge in [-0.05, 0) is 157 Å². The van der Waals surface area contributed by atoms with Crippen LogP contribution in [0.25, 0.3) is 49.7 Å². The zero-order valence-corrected chi connectivity index (χ0v) is 71.1. The summed E-state index contributed by atoms with van der Waals surface area (Å²) in [5.74, 6) is 8.39. The number of piperazine rings is 2. The molecule has 11 aromatic rings. The Balaban J connectivity index is 0.000000339. The van der Waals surface area contributed by atoms with Gasteiger partial charge in [0.25, 0.3) is 0 Å². The van der Waals surface area contributed by atoms with E-state index in [4.69, 9.17) is 112 Å². The van der Waals surface area contributed by atoms with Gasteiger partial charge in [0.15, 0.2) is 34.4 Å². The van der Waals surface area contributed by atoms with Gasteiger partial charge in [0.1, 0.15) is 12.1 Å². The number of aliphatic hydroxyl groups excluding tert-OH is 1. The number of aromatic nitrogens is 12. The van der Waals surface area contributed by atoms with Crippen molar-refractivity contribution < 1.29 is 33.5 Å². The number of ether oxygens (including phenoxy) is 2. The zero-order chi connectivity index (χ0) is 83.1. The molecule has 9 N–H and O–H groups in total. The molecule has 2 fully saturated rings. The number of nitrogens with two attached hydrogens (primary N) is 2. The molecule has 0 saturated carbocycles. The first-order valence-corrected chi connectivity index (χ1v) is 40.7. The number of hydrogen-bond acceptors (Lipinski definition) is 24. The molecular formula is C71H89Cl10N22O8P. The number of anilines is 3. The number of H-pyrrole nitrogens is 1. The summed E-state index contributed by atoms with van der Waals surface area (Å²) in [5.41, 5.74) is 12.4. The second-order valence-corrected chi connectivity index (χ2v) is 34.2. The number of hydrogen-bond donors (Lipinski definition) is 7. The fourth-order valence-electron chi connectivity index (χ4n) is 9.16. The minimum Gasteiger partial charge on any atom is -0.457 e. The number of aliphatic hydroxyl groups is 1. The van der Waals surface area contributed by atoms with Gasteiger partial charge in [-0.15, -0.1) is 15.3 Å². The molecule has 2 aliphatic rings. The largest absolute Gasteiger partial charge is 0.457 e. The topological polar surface area (TPSA) is 402 Å². The number of aromatic amines is 1. The maximum absolute atomic E-state index is 11.9. The summed E-state index contributed by atoms with van der Waals surface area (Å²) in [6.07, 6.45) is -0.621. The summed E-state index contributed by atoms with van der Waals surface area (Å²) in [4.78, 5) is 74.9. The minimum atomic E-state index is -3.22. The van der Waals surface area contributed by atoms with Gasteiger partial charge in [-0.25, -0.2) is 45.1 Å². The summed E-state index contributed by atoms with van der Waals surface area (Å²) >= 11 is 54.0. The average Bonchev–Trinajstić information content (AvgIpc) is 1.56. The number of rotatable bonds is 6. The monoisotopic (exact) mass is 1760 g/mol. The summed E-state index contributed by atoms with van der Waals surface area (Å²) in [6.45, 7) is 26.4. The number of nitrogens with one attached hydrogen (secondary N) is 4. The summed E-state index contributed by atoms with van der Waals surface area (Å²) in [7, 11) is 6.77. The van der Waals surface area contributed by atoms with Gasteiger partial charge >= 0.3 is 22.4 Å². The van der Waals surface area contributed by atoms with Crippen molar-refractivity contribution in [3.63, 3.8) is 0 Å². The number of halogens is 10. The Morgan fingerprint density at radius 1 is 0.607 bits per heavy atom. The van der Waals surface area contributed by atoms with Crippen molar-refractivity contribution in [2.24, 2.45) is 11.8 Å². The highest BCUT2D eigenvalue weighted by atomic mass is 36.0. The predicted molar refractivity (Wildman–Crippen MR) is 453 cm³/mol. The molecule has 13 rings (SSSR count). The van der Waals surface area contributed by atoms with Crippen molar-refractivity contribution in [2.75, 3.05) is 103 Å². The smallest absolute Gasteiger partial charge is 0.411 e. The SMILES string of the molecule is C.CC(C)C(=O)NN.CC(C)c1nc2c3cc(Cl)ccc3[nH]c(=O)n2n1.CC(C)c1nc2c3cc(Cl)ccc3nc(Cl)n2n1.CC(C)c1nc2c3cc(Cl)ccc3nc(N3CCN(C)CC3)n2n1.CCO.CN1CCNCC1.COC(=O)Cl.COC(=O)Nc1ccc(Cl)cc1C#N.N#Cc1cc(Cl)ccc1N.O=P(Cl)(Cl)Cl. The Kier molecular flexibility index (Phi) is 42.4. The normalized spacial score (nSPS) is 12.4. The number of hydrazine groups is 1. The van der Waals surface area contributed by atoms with Crippen LogP contribution >= 0.6 is 120 Å². The van der Waals surface area contributed by atoms with Crippen LogP contribution < -0.4 is 38.2 Å². The van der Waals surface area contributed by atoms with E-state index < -0.39 is 16.7 Å². The second kappa shape index (κ2) is 48.3. The number of fused-ring (bicyclic) bond motifs is 9. The first kappa shape index (κ1) is 98.2. The molecule has 0 bridgehead atoms. The molecule has 606 valence electrons. The van der Waals surface area contributed by atoms with Crippen LogP contribution in [0.2, 0.25) is 30.4 Å². The van der Waals surface area contributed by atoms with Crippen molar-refractivity contribution in [2.45, 2.75) is 87.5 Å². The predicted octanol–water partition coefficient (Wildman–Crippen LogP) is 16.6. The molecule has 8 heterocycles. The maximum Gasteiger partial charge on any atom is 0.411 e. The van der Waals surface area contributed by atoms with Crippen molar-refractivity contribution >= 4 is 205 Å². The Morgan fingerprint density at radius 2 is 1.01 bits per heavy atom. The Bertz CT molecular complexity index is 5110. The van der Waals surface area contributed by atoms with Gasteiger partial charge in [0, 0.05) is 141 Å². The molecule has 0 atom stereocenters. The van der Waals surface area contributed by atoms with Crippen LogP contribution in [0, 0.1) is 28.6 Å². The number of carbonyl (C=O) groups is 3. The quantitative estimate of drug-likeness (QED) is 0.0155.